The summed E-state index contributed by atoms with van der Waals surface area (Å²) in [5.41, 5.74) is 5.44. The first-order valence-electron chi connectivity index (χ1n) is 4.99. The molecule has 0 unspecified atom stereocenters. The highest BCUT2D eigenvalue weighted by atomic mass is 35.5. The van der Waals surface area contributed by atoms with Crippen molar-refractivity contribution in [1.82, 2.24) is 0 Å². The van der Waals surface area contributed by atoms with Crippen molar-refractivity contribution in [3.05, 3.63) is 33.8 Å². The lowest BCUT2D eigenvalue weighted by molar-refractivity contribution is -0.138. The molecule has 16 heavy (non-hydrogen) atoms. The van der Waals surface area contributed by atoms with Crippen LogP contribution >= 0.6 is 11.6 Å². The average molecular weight is 252 g/mol. The van der Waals surface area contributed by atoms with Crippen LogP contribution < -0.4 is 5.73 Å². The van der Waals surface area contributed by atoms with E-state index in [0.29, 0.717) is 18.4 Å². The van der Waals surface area contributed by atoms with Gasteiger partial charge in [-0.3, -0.25) is 0 Å². The largest absolute Gasteiger partial charge is 0.418 e. The summed E-state index contributed by atoms with van der Waals surface area (Å²) in [6, 6.07) is 2.81. The average Bonchev–Trinajstić information content (AvgIpc) is 2.16. The van der Waals surface area contributed by atoms with E-state index in [1.165, 1.54) is 6.07 Å². The normalized spacial score (nSPS) is 11.9. The van der Waals surface area contributed by atoms with E-state index in [0.717, 1.165) is 0 Å². The first kappa shape index (κ1) is 13.3. The third-order valence-electron chi connectivity index (χ3n) is 2.36. The minimum atomic E-state index is -4.42. The fourth-order valence-corrected chi connectivity index (χ4v) is 1.98. The monoisotopic (exact) mass is 251 g/mol. The molecule has 1 nitrogen and oxygen atoms in total. The Hall–Kier alpha value is -0.740. The summed E-state index contributed by atoms with van der Waals surface area (Å²) in [6.07, 6.45) is -3.47. The van der Waals surface area contributed by atoms with Crippen LogP contribution in [0.5, 0.6) is 0 Å². The molecule has 0 bridgehead atoms. The Kier molecular flexibility index (Phi) is 4.21. The summed E-state index contributed by atoms with van der Waals surface area (Å²) in [5.74, 6) is 0. The van der Waals surface area contributed by atoms with Crippen molar-refractivity contribution in [3.63, 3.8) is 0 Å². The van der Waals surface area contributed by atoms with Gasteiger partial charge in [0.15, 0.2) is 0 Å². The molecule has 0 amide bonds. The Bertz CT molecular complexity index is 374. The highest BCUT2D eigenvalue weighted by Crippen LogP contribution is 2.38. The predicted molar refractivity (Wildman–Crippen MR) is 58.3 cm³/mol. The molecule has 0 aromatic heterocycles. The molecule has 0 saturated carbocycles. The zero-order valence-electron chi connectivity index (χ0n) is 8.87. The van der Waals surface area contributed by atoms with E-state index < -0.39 is 11.7 Å². The fraction of sp³-hybridized carbons (Fsp3) is 0.455. The second-order valence-electron chi connectivity index (χ2n) is 3.51. The molecule has 0 aliphatic heterocycles. The maximum absolute atomic E-state index is 12.8. The van der Waals surface area contributed by atoms with Gasteiger partial charge in [-0.15, -0.1) is 0 Å². The van der Waals surface area contributed by atoms with Crippen molar-refractivity contribution in [2.75, 3.05) is 0 Å². The SMILES string of the molecule is CCCc1c(CN)ccc(Cl)c1C(F)(F)F. The fourth-order valence-electron chi connectivity index (χ4n) is 1.70. The number of halogens is 4. The number of alkyl halides is 3. The van der Waals surface area contributed by atoms with Crippen LogP contribution in [0.2, 0.25) is 5.02 Å². The molecule has 1 rings (SSSR count). The Morgan fingerprint density at radius 2 is 1.94 bits per heavy atom. The number of hydrogen-bond acceptors (Lipinski definition) is 1. The molecule has 1 aromatic rings. The lowest BCUT2D eigenvalue weighted by Gasteiger charge is -2.17. The lowest BCUT2D eigenvalue weighted by atomic mass is 9.96. The van der Waals surface area contributed by atoms with Crippen LogP contribution in [-0.2, 0) is 19.1 Å². The van der Waals surface area contributed by atoms with Gasteiger partial charge in [0.2, 0.25) is 0 Å². The second-order valence-corrected chi connectivity index (χ2v) is 3.92. The molecule has 0 aliphatic rings. The van der Waals surface area contributed by atoms with Gasteiger partial charge in [-0.2, -0.15) is 13.2 Å². The Labute approximate surface area is 97.4 Å². The summed E-state index contributed by atoms with van der Waals surface area (Å²) in [5, 5.41) is -0.256. The van der Waals surface area contributed by atoms with Gasteiger partial charge < -0.3 is 5.73 Å². The van der Waals surface area contributed by atoms with E-state index in [-0.39, 0.29) is 17.1 Å². The van der Waals surface area contributed by atoms with Crippen LogP contribution in [0.1, 0.15) is 30.0 Å². The minimum absolute atomic E-state index is 0.0928. The summed E-state index contributed by atoms with van der Waals surface area (Å²) < 4.78 is 38.5. The molecule has 2 N–H and O–H groups in total. The van der Waals surface area contributed by atoms with E-state index >= 15 is 0 Å². The molecule has 0 heterocycles. The zero-order valence-corrected chi connectivity index (χ0v) is 9.62. The highest BCUT2D eigenvalue weighted by Gasteiger charge is 2.36. The topological polar surface area (TPSA) is 26.0 Å². The van der Waals surface area contributed by atoms with Crippen molar-refractivity contribution in [2.24, 2.45) is 5.73 Å². The molecule has 0 radical (unpaired) electrons. The van der Waals surface area contributed by atoms with Crippen LogP contribution in [0.4, 0.5) is 13.2 Å². The molecular formula is C11H13ClF3N. The molecule has 0 saturated heterocycles. The van der Waals surface area contributed by atoms with Crippen LogP contribution in [0.15, 0.2) is 12.1 Å². The van der Waals surface area contributed by atoms with Crippen molar-refractivity contribution in [1.29, 1.82) is 0 Å². The number of rotatable bonds is 3. The van der Waals surface area contributed by atoms with Crippen molar-refractivity contribution < 1.29 is 13.2 Å². The first-order valence-corrected chi connectivity index (χ1v) is 5.37. The van der Waals surface area contributed by atoms with E-state index in [1.54, 1.807) is 6.07 Å². The molecule has 0 aliphatic carbocycles. The quantitative estimate of drug-likeness (QED) is 0.870. The predicted octanol–water partition coefficient (Wildman–Crippen LogP) is 3.77. The Balaban J connectivity index is 3.42. The number of hydrogen-bond donors (Lipinski definition) is 1. The number of benzene rings is 1. The van der Waals surface area contributed by atoms with E-state index in [4.69, 9.17) is 17.3 Å². The maximum atomic E-state index is 12.8. The number of nitrogens with two attached hydrogens (primary N) is 1. The van der Waals surface area contributed by atoms with Gasteiger partial charge in [-0.1, -0.05) is 31.0 Å². The Morgan fingerprint density at radius 1 is 1.31 bits per heavy atom. The highest BCUT2D eigenvalue weighted by molar-refractivity contribution is 6.31. The summed E-state index contributed by atoms with van der Waals surface area (Å²) in [6.45, 7) is 1.91. The van der Waals surface area contributed by atoms with Crippen LogP contribution in [0.25, 0.3) is 0 Å². The smallest absolute Gasteiger partial charge is 0.326 e. The standard InChI is InChI=1S/C11H13ClF3N/c1-2-3-8-7(6-16)4-5-9(12)10(8)11(13,14)15/h4-5H,2-3,6,16H2,1H3. The molecule has 0 spiro atoms. The third-order valence-corrected chi connectivity index (χ3v) is 2.68. The molecular weight excluding hydrogens is 239 g/mol. The molecule has 0 atom stereocenters. The van der Waals surface area contributed by atoms with Gasteiger partial charge in [0, 0.05) is 6.54 Å². The van der Waals surface area contributed by atoms with Crippen LogP contribution in [-0.4, -0.2) is 0 Å². The maximum Gasteiger partial charge on any atom is 0.418 e. The second kappa shape index (κ2) is 5.06. The van der Waals surface area contributed by atoms with Gasteiger partial charge >= 0.3 is 6.18 Å². The van der Waals surface area contributed by atoms with Gasteiger partial charge in [0.05, 0.1) is 10.6 Å². The molecule has 0 fully saturated rings. The molecule has 90 valence electrons. The van der Waals surface area contributed by atoms with Gasteiger partial charge in [-0.25, -0.2) is 0 Å². The van der Waals surface area contributed by atoms with Crippen molar-refractivity contribution in [2.45, 2.75) is 32.5 Å². The van der Waals surface area contributed by atoms with Crippen molar-refractivity contribution >= 4 is 11.6 Å². The lowest BCUT2D eigenvalue weighted by Crippen LogP contribution is -2.14. The summed E-state index contributed by atoms with van der Waals surface area (Å²) >= 11 is 5.62. The summed E-state index contributed by atoms with van der Waals surface area (Å²) in [7, 11) is 0. The van der Waals surface area contributed by atoms with Crippen molar-refractivity contribution in [3.8, 4) is 0 Å². The minimum Gasteiger partial charge on any atom is -0.326 e. The van der Waals surface area contributed by atoms with Gasteiger partial charge in [0.1, 0.15) is 0 Å². The Morgan fingerprint density at radius 3 is 2.38 bits per heavy atom. The molecule has 1 aromatic carbocycles. The van der Waals surface area contributed by atoms with E-state index in [9.17, 15) is 13.2 Å². The van der Waals surface area contributed by atoms with E-state index in [2.05, 4.69) is 0 Å². The van der Waals surface area contributed by atoms with E-state index in [1.807, 2.05) is 6.92 Å². The zero-order chi connectivity index (χ0) is 12.3. The first-order chi connectivity index (χ1) is 7.41. The van der Waals surface area contributed by atoms with Crippen LogP contribution in [0.3, 0.4) is 0 Å². The third kappa shape index (κ3) is 2.68. The van der Waals surface area contributed by atoms with Gasteiger partial charge in [-0.05, 0) is 23.6 Å². The molecule has 5 heteroatoms. The van der Waals surface area contributed by atoms with Crippen LogP contribution in [0, 0.1) is 0 Å². The van der Waals surface area contributed by atoms with Gasteiger partial charge in [0.25, 0.3) is 0 Å². The summed E-state index contributed by atoms with van der Waals surface area (Å²) in [4.78, 5) is 0.